The van der Waals surface area contributed by atoms with E-state index in [1.807, 2.05) is 40.0 Å². The number of aromatic nitrogens is 3. The van der Waals surface area contributed by atoms with Crippen LogP contribution in [0.2, 0.25) is 0 Å². The van der Waals surface area contributed by atoms with Crippen LogP contribution < -0.4 is 5.01 Å². The molecule has 4 aliphatic rings. The number of nitrogens with zero attached hydrogens (tertiary/aromatic N) is 6. The number of benzene rings is 1. The van der Waals surface area contributed by atoms with Crippen LogP contribution in [-0.4, -0.2) is 51.9 Å². The molecule has 7 nitrogen and oxygen atoms in total. The average molecular weight is 400 g/mol. The lowest BCUT2D eigenvalue weighted by atomic mass is 9.94. The highest BCUT2D eigenvalue weighted by Gasteiger charge is 2.31. The van der Waals surface area contributed by atoms with Gasteiger partial charge in [-0.2, -0.15) is 10.1 Å². The summed E-state index contributed by atoms with van der Waals surface area (Å²) >= 11 is 0. The Labute approximate surface area is 175 Å². The number of carbonyl (C=O) groups is 1. The molecule has 1 saturated heterocycles. The fourth-order valence-electron chi connectivity index (χ4n) is 4.73. The Kier molecular flexibility index (Phi) is 4.83. The van der Waals surface area contributed by atoms with E-state index in [2.05, 4.69) is 21.2 Å². The van der Waals surface area contributed by atoms with Gasteiger partial charge in [-0.1, -0.05) is 30.3 Å². The van der Waals surface area contributed by atoms with Crippen molar-refractivity contribution < 1.29 is 4.79 Å². The van der Waals surface area contributed by atoms with Crippen LogP contribution in [0, 0.1) is 11.3 Å². The summed E-state index contributed by atoms with van der Waals surface area (Å²) in [6.07, 6.45) is 6.14. The molecule has 1 aromatic rings. The number of amides is 1. The quantitative estimate of drug-likeness (QED) is 0.673. The number of rotatable bonds is 3. The van der Waals surface area contributed by atoms with E-state index in [-0.39, 0.29) is 5.91 Å². The highest BCUT2D eigenvalue weighted by Crippen LogP contribution is 2.38. The molecule has 7 heteroatoms. The number of carbonyl (C=O) groups excluding carboxylic acids is 1. The van der Waals surface area contributed by atoms with Crippen molar-refractivity contribution in [2.45, 2.75) is 32.1 Å². The van der Waals surface area contributed by atoms with E-state index < -0.39 is 0 Å². The van der Waals surface area contributed by atoms with Gasteiger partial charge >= 0.3 is 0 Å². The molecule has 30 heavy (non-hydrogen) atoms. The zero-order valence-electron chi connectivity index (χ0n) is 16.9. The normalized spacial score (nSPS) is 16.4. The fourth-order valence-corrected chi connectivity index (χ4v) is 4.73. The monoisotopic (exact) mass is 400 g/mol. The van der Waals surface area contributed by atoms with Crippen LogP contribution in [0.1, 0.15) is 35.1 Å². The molecule has 2 heterocycles. The van der Waals surface area contributed by atoms with Crippen molar-refractivity contribution >= 4 is 5.91 Å². The number of hydrogen-bond acceptors (Lipinski definition) is 5. The van der Waals surface area contributed by atoms with Gasteiger partial charge in [0.2, 0.25) is 5.91 Å². The number of fused-ring (bicyclic) bond motifs is 3. The molecular weight excluding hydrogens is 376 g/mol. The minimum atomic E-state index is 0.163. The molecule has 5 rings (SSSR count). The first-order chi connectivity index (χ1) is 14.8. The maximum absolute atomic E-state index is 12.7. The minimum absolute atomic E-state index is 0.163. The summed E-state index contributed by atoms with van der Waals surface area (Å²) < 4.78 is 0. The second-order valence-corrected chi connectivity index (χ2v) is 7.99. The molecule has 0 radical (unpaired) electrons. The second kappa shape index (κ2) is 7.79. The van der Waals surface area contributed by atoms with Crippen LogP contribution in [0.4, 0.5) is 0 Å². The Morgan fingerprint density at radius 2 is 1.77 bits per heavy atom. The lowest BCUT2D eigenvalue weighted by Crippen LogP contribution is -2.54. The first-order valence-corrected chi connectivity index (χ1v) is 10.6. The van der Waals surface area contributed by atoms with Crippen molar-refractivity contribution in [2.24, 2.45) is 0 Å². The molecular formula is C23H24N6O. The van der Waals surface area contributed by atoms with Crippen molar-refractivity contribution in [3.63, 3.8) is 0 Å². The lowest BCUT2D eigenvalue weighted by Gasteiger charge is -2.37. The zero-order chi connectivity index (χ0) is 20.5. The van der Waals surface area contributed by atoms with Gasteiger partial charge in [0, 0.05) is 13.1 Å². The summed E-state index contributed by atoms with van der Waals surface area (Å²) in [7, 11) is 0. The summed E-state index contributed by atoms with van der Waals surface area (Å²) in [5.41, 5.74) is 5.90. The first-order valence-electron chi connectivity index (χ1n) is 10.6. The van der Waals surface area contributed by atoms with E-state index in [0.717, 1.165) is 48.2 Å². The Bertz CT molecular complexity index is 1080. The molecule has 1 amide bonds. The smallest absolute Gasteiger partial charge is 0.227 e. The molecule has 0 N–H and O–H groups in total. The van der Waals surface area contributed by atoms with E-state index in [1.54, 1.807) is 6.33 Å². The van der Waals surface area contributed by atoms with E-state index in [0.29, 0.717) is 38.2 Å². The molecule has 0 bridgehead atoms. The van der Waals surface area contributed by atoms with Crippen molar-refractivity contribution in [1.82, 2.24) is 19.8 Å². The van der Waals surface area contributed by atoms with Gasteiger partial charge in [0.15, 0.2) is 0 Å². The first kappa shape index (κ1) is 18.6. The molecule has 0 atom stereocenters. The Morgan fingerprint density at radius 3 is 2.50 bits per heavy atom. The topological polar surface area (TPSA) is 78.1 Å². The van der Waals surface area contributed by atoms with Gasteiger partial charge in [0.1, 0.15) is 23.8 Å². The van der Waals surface area contributed by atoms with Gasteiger partial charge in [-0.3, -0.25) is 9.80 Å². The van der Waals surface area contributed by atoms with E-state index in [4.69, 9.17) is 0 Å². The van der Waals surface area contributed by atoms with Crippen LogP contribution in [-0.2, 0) is 24.1 Å². The Morgan fingerprint density at radius 1 is 1.03 bits per heavy atom. The summed E-state index contributed by atoms with van der Waals surface area (Å²) in [6, 6.07) is 12.3. The van der Waals surface area contributed by atoms with Gasteiger partial charge in [-0.25, -0.2) is 4.98 Å². The van der Waals surface area contributed by atoms with Crippen LogP contribution >= 0.6 is 0 Å². The van der Waals surface area contributed by atoms with Crippen molar-refractivity contribution in [3.8, 4) is 17.5 Å². The number of piperazine rings is 1. The van der Waals surface area contributed by atoms with Crippen LogP contribution in [0.25, 0.3) is 11.4 Å². The summed E-state index contributed by atoms with van der Waals surface area (Å²) in [6.45, 7) is 2.74. The van der Waals surface area contributed by atoms with E-state index in [1.165, 1.54) is 5.56 Å². The molecule has 0 aromatic heterocycles. The Balaban J connectivity index is 1.35. The zero-order valence-corrected chi connectivity index (χ0v) is 16.9. The highest BCUT2D eigenvalue weighted by atomic mass is 16.2. The van der Waals surface area contributed by atoms with Crippen LogP contribution in [0.5, 0.6) is 0 Å². The lowest BCUT2D eigenvalue weighted by molar-refractivity contribution is -0.130. The highest BCUT2D eigenvalue weighted by molar-refractivity contribution is 5.79. The van der Waals surface area contributed by atoms with Crippen molar-refractivity contribution in [2.75, 3.05) is 31.2 Å². The maximum atomic E-state index is 12.7. The molecule has 2 aliphatic carbocycles. The van der Waals surface area contributed by atoms with Gasteiger partial charge in [0.25, 0.3) is 0 Å². The largest absolute Gasteiger partial charge is 0.339 e. The molecule has 1 aromatic carbocycles. The Hall–Kier alpha value is -3.40. The third kappa shape index (κ3) is 3.18. The van der Waals surface area contributed by atoms with Gasteiger partial charge in [-0.15, -0.1) is 5.10 Å². The molecule has 0 unspecified atom stereocenters. The predicted octanol–water partition coefficient (Wildman–Crippen LogP) is 2.16. The molecule has 0 saturated carbocycles. The van der Waals surface area contributed by atoms with Crippen molar-refractivity contribution in [3.05, 3.63) is 58.9 Å². The van der Waals surface area contributed by atoms with Crippen LogP contribution in [0.15, 0.2) is 36.7 Å². The predicted molar refractivity (Wildman–Crippen MR) is 113 cm³/mol. The average Bonchev–Trinajstić information content (AvgIpc) is 3.13. The van der Waals surface area contributed by atoms with Gasteiger partial charge in [0.05, 0.1) is 25.1 Å². The third-order valence-corrected chi connectivity index (χ3v) is 6.25. The fraction of sp³-hybridized carbons (Fsp3) is 0.391. The second-order valence-electron chi connectivity index (χ2n) is 7.99. The van der Waals surface area contributed by atoms with Gasteiger partial charge < -0.3 is 4.90 Å². The molecule has 1 fully saturated rings. The SMILES string of the molecule is N#Cc1c2ncnn(N3CCN(C(=O)Cc4ccccc4)CC3)c-2c2c1CCCC2. The standard InChI is InChI=1S/C23H24N6O/c24-15-20-18-8-4-5-9-19(18)23-22(20)25-16-26-29(23)28-12-10-27(11-13-28)21(30)14-17-6-2-1-3-7-17/h1-3,6-7,16H,4-5,8-14H2. The molecule has 0 spiro atoms. The summed E-state index contributed by atoms with van der Waals surface area (Å²) in [4.78, 5) is 21.0. The maximum Gasteiger partial charge on any atom is 0.227 e. The molecule has 152 valence electrons. The minimum Gasteiger partial charge on any atom is -0.339 e. The van der Waals surface area contributed by atoms with E-state index >= 15 is 0 Å². The van der Waals surface area contributed by atoms with Crippen molar-refractivity contribution in [1.29, 1.82) is 5.26 Å². The van der Waals surface area contributed by atoms with Crippen LogP contribution in [0.3, 0.4) is 0 Å². The third-order valence-electron chi connectivity index (χ3n) is 6.25. The van der Waals surface area contributed by atoms with Gasteiger partial charge in [-0.05, 0) is 42.4 Å². The molecule has 2 aliphatic heterocycles. The number of nitriles is 1. The van der Waals surface area contributed by atoms with E-state index in [9.17, 15) is 10.1 Å². The number of hydrogen-bond donors (Lipinski definition) is 0. The summed E-state index contributed by atoms with van der Waals surface area (Å²) in [5, 5.41) is 16.4. The summed E-state index contributed by atoms with van der Waals surface area (Å²) in [5.74, 6) is 0.163.